The summed E-state index contributed by atoms with van der Waals surface area (Å²) in [6, 6.07) is 0.773. The van der Waals surface area contributed by atoms with Crippen LogP contribution in [0.25, 0.3) is 0 Å². The monoisotopic (exact) mass is 280 g/mol. The van der Waals surface area contributed by atoms with E-state index in [-0.39, 0.29) is 0 Å². The quantitative estimate of drug-likeness (QED) is 0.912. The van der Waals surface area contributed by atoms with Gasteiger partial charge in [0, 0.05) is 37.1 Å². The van der Waals surface area contributed by atoms with E-state index in [1.54, 1.807) is 0 Å². The van der Waals surface area contributed by atoms with Crippen LogP contribution in [0.1, 0.15) is 30.3 Å². The Morgan fingerprint density at radius 2 is 2.26 bits per heavy atom. The third-order valence-electron chi connectivity index (χ3n) is 4.27. The van der Waals surface area contributed by atoms with E-state index >= 15 is 0 Å². The van der Waals surface area contributed by atoms with Crippen molar-refractivity contribution in [2.75, 3.05) is 37.6 Å². The van der Waals surface area contributed by atoms with Gasteiger partial charge in [0.1, 0.15) is 0 Å². The summed E-state index contributed by atoms with van der Waals surface area (Å²) in [6.45, 7) is 11.1. The fourth-order valence-corrected chi connectivity index (χ4v) is 4.18. The van der Waals surface area contributed by atoms with Crippen LogP contribution in [0, 0.1) is 6.92 Å². The fourth-order valence-electron chi connectivity index (χ4n) is 3.12. The second kappa shape index (κ2) is 5.77. The van der Waals surface area contributed by atoms with Crippen LogP contribution in [0.2, 0.25) is 0 Å². The Morgan fingerprint density at radius 1 is 1.37 bits per heavy atom. The summed E-state index contributed by atoms with van der Waals surface area (Å²) in [5, 5.41) is 4.64. The number of fused-ring (bicyclic) bond motifs is 1. The van der Waals surface area contributed by atoms with E-state index in [2.05, 4.69) is 29.0 Å². The first-order valence-electron chi connectivity index (χ1n) is 7.44. The molecule has 0 aromatic carbocycles. The molecule has 0 bridgehead atoms. The van der Waals surface area contributed by atoms with Crippen LogP contribution in [0.15, 0.2) is 0 Å². The lowest BCUT2D eigenvalue weighted by Gasteiger charge is -2.37. The van der Waals surface area contributed by atoms with Gasteiger partial charge in [0.2, 0.25) is 0 Å². The number of hydrogen-bond donors (Lipinski definition) is 1. The third-order valence-corrected chi connectivity index (χ3v) is 5.49. The van der Waals surface area contributed by atoms with Crippen molar-refractivity contribution >= 4 is 16.5 Å². The zero-order valence-corrected chi connectivity index (χ0v) is 12.8. The summed E-state index contributed by atoms with van der Waals surface area (Å²) in [7, 11) is 0. The third kappa shape index (κ3) is 2.78. The molecule has 1 unspecified atom stereocenters. The van der Waals surface area contributed by atoms with E-state index in [1.165, 1.54) is 48.2 Å². The molecule has 0 aliphatic carbocycles. The zero-order chi connectivity index (χ0) is 13.2. The van der Waals surface area contributed by atoms with Gasteiger partial charge in [-0.05, 0) is 32.9 Å². The summed E-state index contributed by atoms with van der Waals surface area (Å²) in [5.41, 5.74) is 1.20. The molecule has 2 aliphatic heterocycles. The number of thiazole rings is 1. The second-order valence-electron chi connectivity index (χ2n) is 5.56. The Morgan fingerprint density at radius 3 is 3.11 bits per heavy atom. The first-order chi connectivity index (χ1) is 9.28. The number of hydrogen-bond acceptors (Lipinski definition) is 5. The van der Waals surface area contributed by atoms with E-state index in [0.717, 1.165) is 25.7 Å². The average molecular weight is 280 g/mol. The Bertz CT molecular complexity index is 431. The van der Waals surface area contributed by atoms with E-state index in [1.807, 2.05) is 11.3 Å². The van der Waals surface area contributed by atoms with E-state index in [0.29, 0.717) is 0 Å². The minimum absolute atomic E-state index is 0.773. The molecule has 3 rings (SSSR count). The summed E-state index contributed by atoms with van der Waals surface area (Å²) in [4.78, 5) is 11.3. The van der Waals surface area contributed by atoms with Crippen molar-refractivity contribution in [2.45, 2.75) is 39.3 Å². The average Bonchev–Trinajstić information content (AvgIpc) is 3.02. The molecule has 1 aromatic rings. The highest BCUT2D eigenvalue weighted by molar-refractivity contribution is 7.15. The highest BCUT2D eigenvalue weighted by atomic mass is 32.1. The summed E-state index contributed by atoms with van der Waals surface area (Å²) < 4.78 is 0. The molecular formula is C14H24N4S. The number of rotatable bonds is 4. The SMILES string of the molecule is CCNCc1sc(N2CCN3CCCC3C2)nc1C. The van der Waals surface area contributed by atoms with Gasteiger partial charge in [-0.3, -0.25) is 4.90 Å². The van der Waals surface area contributed by atoms with Crippen molar-refractivity contribution in [3.63, 3.8) is 0 Å². The van der Waals surface area contributed by atoms with Crippen LogP contribution < -0.4 is 10.2 Å². The lowest BCUT2D eigenvalue weighted by atomic mass is 10.2. The highest BCUT2D eigenvalue weighted by Gasteiger charge is 2.31. The molecule has 1 aromatic heterocycles. The van der Waals surface area contributed by atoms with Crippen molar-refractivity contribution in [1.82, 2.24) is 15.2 Å². The van der Waals surface area contributed by atoms with Crippen molar-refractivity contribution in [1.29, 1.82) is 0 Å². The molecule has 1 atom stereocenters. The minimum atomic E-state index is 0.773. The standard InChI is InChI=1S/C14H24N4S/c1-3-15-9-13-11(2)16-14(19-13)18-8-7-17-6-4-5-12(17)10-18/h12,15H,3-10H2,1-2H3. The molecule has 0 spiro atoms. The highest BCUT2D eigenvalue weighted by Crippen LogP contribution is 2.30. The maximum absolute atomic E-state index is 4.79. The van der Waals surface area contributed by atoms with Crippen LogP contribution in [-0.4, -0.2) is 48.6 Å². The molecule has 1 N–H and O–H groups in total. The Kier molecular flexibility index (Phi) is 4.05. The van der Waals surface area contributed by atoms with Gasteiger partial charge >= 0.3 is 0 Å². The molecule has 5 heteroatoms. The molecule has 0 radical (unpaired) electrons. The Hall–Kier alpha value is -0.650. The molecule has 0 saturated carbocycles. The summed E-state index contributed by atoms with van der Waals surface area (Å²) in [6.07, 6.45) is 2.74. The van der Waals surface area contributed by atoms with Gasteiger partial charge in [-0.15, -0.1) is 11.3 Å². The van der Waals surface area contributed by atoms with Crippen molar-refractivity contribution < 1.29 is 0 Å². The molecule has 2 fully saturated rings. The van der Waals surface area contributed by atoms with Crippen LogP contribution in [-0.2, 0) is 6.54 Å². The molecule has 19 heavy (non-hydrogen) atoms. The van der Waals surface area contributed by atoms with E-state index in [9.17, 15) is 0 Å². The number of piperazine rings is 1. The molecule has 3 heterocycles. The summed E-state index contributed by atoms with van der Waals surface area (Å²) >= 11 is 1.87. The normalized spacial score (nSPS) is 23.9. The Balaban J connectivity index is 1.68. The number of aromatic nitrogens is 1. The molecule has 106 valence electrons. The predicted octanol–water partition coefficient (Wildman–Crippen LogP) is 1.85. The number of anilines is 1. The van der Waals surface area contributed by atoms with Crippen LogP contribution in [0.5, 0.6) is 0 Å². The van der Waals surface area contributed by atoms with Crippen molar-refractivity contribution in [3.8, 4) is 0 Å². The first kappa shape index (κ1) is 13.3. The molecule has 4 nitrogen and oxygen atoms in total. The van der Waals surface area contributed by atoms with E-state index < -0.39 is 0 Å². The molecule has 2 saturated heterocycles. The number of aryl methyl sites for hydroxylation is 1. The van der Waals surface area contributed by atoms with Gasteiger partial charge in [-0.1, -0.05) is 6.92 Å². The number of nitrogens with zero attached hydrogens (tertiary/aromatic N) is 3. The van der Waals surface area contributed by atoms with Gasteiger partial charge in [0.25, 0.3) is 0 Å². The summed E-state index contributed by atoms with van der Waals surface area (Å²) in [5.74, 6) is 0. The number of nitrogens with one attached hydrogen (secondary N) is 1. The van der Waals surface area contributed by atoms with E-state index in [4.69, 9.17) is 4.98 Å². The predicted molar refractivity (Wildman–Crippen MR) is 81.0 cm³/mol. The second-order valence-corrected chi connectivity index (χ2v) is 6.63. The van der Waals surface area contributed by atoms with Crippen LogP contribution in [0.3, 0.4) is 0 Å². The molecule has 2 aliphatic rings. The van der Waals surface area contributed by atoms with Gasteiger partial charge in [-0.25, -0.2) is 4.98 Å². The maximum atomic E-state index is 4.79. The molecular weight excluding hydrogens is 256 g/mol. The zero-order valence-electron chi connectivity index (χ0n) is 12.0. The molecule has 0 amide bonds. The minimum Gasteiger partial charge on any atom is -0.345 e. The van der Waals surface area contributed by atoms with Crippen molar-refractivity contribution in [3.05, 3.63) is 10.6 Å². The maximum Gasteiger partial charge on any atom is 0.185 e. The largest absolute Gasteiger partial charge is 0.345 e. The topological polar surface area (TPSA) is 31.4 Å². The first-order valence-corrected chi connectivity index (χ1v) is 8.25. The van der Waals surface area contributed by atoms with Gasteiger partial charge in [0.15, 0.2) is 5.13 Å². The lowest BCUT2D eigenvalue weighted by molar-refractivity contribution is 0.231. The van der Waals surface area contributed by atoms with Crippen molar-refractivity contribution in [2.24, 2.45) is 0 Å². The van der Waals surface area contributed by atoms with Crippen LogP contribution >= 0.6 is 11.3 Å². The van der Waals surface area contributed by atoms with Gasteiger partial charge in [-0.2, -0.15) is 0 Å². The fraction of sp³-hybridized carbons (Fsp3) is 0.786. The van der Waals surface area contributed by atoms with Gasteiger partial charge in [0.05, 0.1) is 5.69 Å². The van der Waals surface area contributed by atoms with Crippen LogP contribution in [0.4, 0.5) is 5.13 Å². The lowest BCUT2D eigenvalue weighted by Crippen LogP contribution is -2.50. The van der Waals surface area contributed by atoms with Gasteiger partial charge < -0.3 is 10.2 Å². The Labute approximate surface area is 119 Å². The smallest absolute Gasteiger partial charge is 0.185 e.